The van der Waals surface area contributed by atoms with Crippen LogP contribution in [0.3, 0.4) is 0 Å². The molecule has 6 rings (SSSR count). The Morgan fingerprint density at radius 3 is 2.39 bits per heavy atom. The molecule has 2 heteroatoms. The molecule has 0 aliphatic carbocycles. The Balaban J connectivity index is 1.71. The number of fused-ring (bicyclic) bond motifs is 6. The lowest BCUT2D eigenvalue weighted by molar-refractivity contribution is 0.665. The second-order valence-corrected chi connectivity index (χ2v) is 8.69. The number of para-hydroxylation sites is 1. The molecule has 2 aromatic heterocycles. The minimum Gasteiger partial charge on any atom is -0.453 e. The number of benzene rings is 4. The maximum Gasteiger partial charge on any atom is 0.161 e. The van der Waals surface area contributed by atoms with E-state index in [1.807, 2.05) is 6.20 Å². The molecule has 0 aliphatic rings. The molecule has 2 heterocycles. The lowest BCUT2D eigenvalue weighted by Crippen LogP contribution is -1.94. The Labute approximate surface area is 181 Å². The molecule has 0 N–H and O–H groups in total. The Kier molecular flexibility index (Phi) is 3.91. The third kappa shape index (κ3) is 2.68. The Bertz CT molecular complexity index is 1620. The molecule has 0 spiro atoms. The zero-order valence-corrected chi connectivity index (χ0v) is 17.9. The summed E-state index contributed by atoms with van der Waals surface area (Å²) in [7, 11) is 0. The summed E-state index contributed by atoms with van der Waals surface area (Å²) in [4.78, 5) is 4.78. The van der Waals surface area contributed by atoms with Gasteiger partial charge in [0.25, 0.3) is 0 Å². The molecule has 0 radical (unpaired) electrons. The molecule has 31 heavy (non-hydrogen) atoms. The summed E-state index contributed by atoms with van der Waals surface area (Å²) in [6, 6.07) is 26.0. The predicted octanol–water partition coefficient (Wildman–Crippen LogP) is 8.39. The van der Waals surface area contributed by atoms with Crippen molar-refractivity contribution in [3.63, 3.8) is 0 Å². The summed E-state index contributed by atoms with van der Waals surface area (Å²) in [6.45, 7) is 6.62. The number of nitrogens with zero attached hydrogens (tertiary/aromatic N) is 1. The van der Waals surface area contributed by atoms with Crippen LogP contribution in [0.25, 0.3) is 54.7 Å². The average Bonchev–Trinajstić information content (AvgIpc) is 3.18. The lowest BCUT2D eigenvalue weighted by atomic mass is 9.89. The molecule has 0 amide bonds. The number of aryl methyl sites for hydroxylation is 1. The second kappa shape index (κ2) is 6.68. The van der Waals surface area contributed by atoms with Gasteiger partial charge in [0.05, 0.1) is 0 Å². The molecule has 0 unspecified atom stereocenters. The van der Waals surface area contributed by atoms with Crippen molar-refractivity contribution in [1.29, 1.82) is 0 Å². The van der Waals surface area contributed by atoms with E-state index in [0.29, 0.717) is 5.92 Å². The molecule has 2 nitrogen and oxygen atoms in total. The number of furan rings is 1. The number of pyridine rings is 1. The maximum atomic E-state index is 6.39. The van der Waals surface area contributed by atoms with E-state index >= 15 is 0 Å². The minimum atomic E-state index is 0.394. The number of rotatable bonds is 2. The summed E-state index contributed by atoms with van der Waals surface area (Å²) in [5, 5.41) is 7.43. The van der Waals surface area contributed by atoms with Crippen molar-refractivity contribution in [1.82, 2.24) is 4.98 Å². The summed E-state index contributed by atoms with van der Waals surface area (Å²) in [5.74, 6) is 0.394. The Morgan fingerprint density at radius 1 is 0.742 bits per heavy atom. The highest BCUT2D eigenvalue weighted by Crippen LogP contribution is 2.39. The number of hydrogen-bond donors (Lipinski definition) is 0. The van der Waals surface area contributed by atoms with Gasteiger partial charge in [-0.05, 0) is 63.7 Å². The highest BCUT2D eigenvalue weighted by molar-refractivity contribution is 6.12. The van der Waals surface area contributed by atoms with Gasteiger partial charge in [-0.25, -0.2) is 0 Å². The van der Waals surface area contributed by atoms with Crippen LogP contribution in [0.4, 0.5) is 0 Å². The van der Waals surface area contributed by atoms with Crippen LogP contribution >= 0.6 is 0 Å². The molecular formula is C29H23NO. The largest absolute Gasteiger partial charge is 0.453 e. The zero-order valence-electron chi connectivity index (χ0n) is 17.9. The van der Waals surface area contributed by atoms with Crippen LogP contribution in [0.5, 0.6) is 0 Å². The quantitative estimate of drug-likeness (QED) is 0.272. The smallest absolute Gasteiger partial charge is 0.161 e. The van der Waals surface area contributed by atoms with Crippen LogP contribution < -0.4 is 0 Å². The normalized spacial score (nSPS) is 12.0. The summed E-state index contributed by atoms with van der Waals surface area (Å²) in [5.41, 5.74) is 6.31. The first-order chi connectivity index (χ1) is 15.1. The van der Waals surface area contributed by atoms with Gasteiger partial charge in [-0.15, -0.1) is 0 Å². The van der Waals surface area contributed by atoms with Crippen LogP contribution in [-0.2, 0) is 0 Å². The van der Waals surface area contributed by atoms with Gasteiger partial charge in [-0.1, -0.05) is 68.4 Å². The van der Waals surface area contributed by atoms with Gasteiger partial charge in [0.15, 0.2) is 5.58 Å². The fourth-order valence-electron chi connectivity index (χ4n) is 4.84. The molecule has 0 saturated carbocycles. The van der Waals surface area contributed by atoms with Crippen molar-refractivity contribution in [3.8, 4) is 11.3 Å². The Hall–Kier alpha value is -3.65. The molecule has 0 fully saturated rings. The van der Waals surface area contributed by atoms with Crippen molar-refractivity contribution in [2.45, 2.75) is 26.7 Å². The summed E-state index contributed by atoms with van der Waals surface area (Å²) >= 11 is 0. The summed E-state index contributed by atoms with van der Waals surface area (Å²) < 4.78 is 6.39. The summed E-state index contributed by atoms with van der Waals surface area (Å²) in [6.07, 6.45) is 1.90. The van der Waals surface area contributed by atoms with E-state index < -0.39 is 0 Å². The molecule has 6 aromatic rings. The average molecular weight is 402 g/mol. The maximum absolute atomic E-state index is 6.39. The highest BCUT2D eigenvalue weighted by atomic mass is 16.3. The van der Waals surface area contributed by atoms with Gasteiger partial charge in [0, 0.05) is 22.5 Å². The van der Waals surface area contributed by atoms with Gasteiger partial charge >= 0.3 is 0 Å². The van der Waals surface area contributed by atoms with E-state index in [1.165, 1.54) is 27.1 Å². The van der Waals surface area contributed by atoms with Gasteiger partial charge in [0.1, 0.15) is 11.3 Å². The molecular weight excluding hydrogens is 378 g/mol. The van der Waals surface area contributed by atoms with Crippen molar-refractivity contribution in [3.05, 3.63) is 90.1 Å². The fraction of sp³-hybridized carbons (Fsp3) is 0.138. The van der Waals surface area contributed by atoms with Crippen molar-refractivity contribution < 1.29 is 4.42 Å². The highest BCUT2D eigenvalue weighted by Gasteiger charge is 2.17. The SMILES string of the molecule is Cc1cccc2c1oc1c(-c3cc(C(C)C)c4c(ccc5ccccc54)c3)nccc12. The Morgan fingerprint density at radius 2 is 1.52 bits per heavy atom. The van der Waals surface area contributed by atoms with E-state index in [9.17, 15) is 0 Å². The molecule has 150 valence electrons. The van der Waals surface area contributed by atoms with Gasteiger partial charge in [-0.2, -0.15) is 0 Å². The van der Waals surface area contributed by atoms with E-state index in [4.69, 9.17) is 9.40 Å². The van der Waals surface area contributed by atoms with Crippen molar-refractivity contribution in [2.75, 3.05) is 0 Å². The number of aromatic nitrogens is 1. The van der Waals surface area contributed by atoms with Crippen molar-refractivity contribution in [2.24, 2.45) is 0 Å². The van der Waals surface area contributed by atoms with Crippen LogP contribution in [-0.4, -0.2) is 4.98 Å². The first kappa shape index (κ1) is 18.1. The van der Waals surface area contributed by atoms with Gasteiger partial charge < -0.3 is 4.42 Å². The van der Waals surface area contributed by atoms with E-state index in [-0.39, 0.29) is 0 Å². The van der Waals surface area contributed by atoms with Crippen LogP contribution in [0, 0.1) is 6.92 Å². The predicted molar refractivity (Wildman–Crippen MR) is 131 cm³/mol. The third-order valence-corrected chi connectivity index (χ3v) is 6.38. The number of hydrogen-bond acceptors (Lipinski definition) is 2. The van der Waals surface area contributed by atoms with E-state index in [1.54, 1.807) is 0 Å². The first-order valence-electron chi connectivity index (χ1n) is 10.8. The fourth-order valence-corrected chi connectivity index (χ4v) is 4.84. The van der Waals surface area contributed by atoms with Crippen molar-refractivity contribution >= 4 is 43.5 Å². The minimum absolute atomic E-state index is 0.394. The third-order valence-electron chi connectivity index (χ3n) is 6.38. The molecule has 0 bridgehead atoms. The first-order valence-corrected chi connectivity index (χ1v) is 10.8. The van der Waals surface area contributed by atoms with Gasteiger partial charge in [-0.3, -0.25) is 4.98 Å². The van der Waals surface area contributed by atoms with Crippen LogP contribution in [0.15, 0.2) is 83.4 Å². The van der Waals surface area contributed by atoms with Gasteiger partial charge in [0.2, 0.25) is 0 Å². The molecule has 0 aliphatic heterocycles. The van der Waals surface area contributed by atoms with E-state index in [0.717, 1.165) is 38.8 Å². The second-order valence-electron chi connectivity index (χ2n) is 8.69. The molecule has 0 atom stereocenters. The van der Waals surface area contributed by atoms with Crippen LogP contribution in [0.1, 0.15) is 30.9 Å². The van der Waals surface area contributed by atoms with Crippen LogP contribution in [0.2, 0.25) is 0 Å². The monoisotopic (exact) mass is 401 g/mol. The lowest BCUT2D eigenvalue weighted by Gasteiger charge is -2.15. The molecule has 4 aromatic carbocycles. The van der Waals surface area contributed by atoms with E-state index in [2.05, 4.69) is 93.6 Å². The zero-order chi connectivity index (χ0) is 21.1. The molecule has 0 saturated heterocycles. The standard InChI is InChI=1S/C29H23NO/c1-17(2)25-16-21(15-20-12-11-19-8-4-5-9-22(19)26(20)25)27-29-24(13-14-30-27)23-10-6-7-18(3)28(23)31-29/h4-17H,1-3H3. The topological polar surface area (TPSA) is 26.0 Å².